The molecule has 1 amide bonds. The summed E-state index contributed by atoms with van der Waals surface area (Å²) < 4.78 is 0. The van der Waals surface area contributed by atoms with E-state index in [1.165, 1.54) is 16.7 Å². The Kier molecular flexibility index (Phi) is 3.96. The van der Waals surface area contributed by atoms with Crippen molar-refractivity contribution in [1.82, 2.24) is 4.98 Å². The Morgan fingerprint density at radius 3 is 2.42 bits per heavy atom. The van der Waals surface area contributed by atoms with Crippen LogP contribution in [0.3, 0.4) is 0 Å². The van der Waals surface area contributed by atoms with E-state index in [0.717, 1.165) is 22.5 Å². The lowest BCUT2D eigenvalue weighted by Gasteiger charge is -2.28. The molecule has 4 heteroatoms. The molecule has 130 valence electrons. The van der Waals surface area contributed by atoms with Crippen molar-refractivity contribution < 1.29 is 4.79 Å². The van der Waals surface area contributed by atoms with E-state index in [-0.39, 0.29) is 12.1 Å². The lowest BCUT2D eigenvalue weighted by Crippen LogP contribution is -2.32. The monoisotopic (exact) mass is 343 g/mol. The van der Waals surface area contributed by atoms with Crippen LogP contribution in [0.5, 0.6) is 0 Å². The van der Waals surface area contributed by atoms with E-state index in [1.807, 2.05) is 36.4 Å². The standard InChI is InChI=1S/C22H21N3O/c1-14-11-15(2)20(16(3)12-14)24-21-18-8-4-5-9-19(18)22(26)25(21)17-7-6-10-23-13-17/h4-13,21,24H,1-3H3/t21-/m0/s1. The van der Waals surface area contributed by atoms with Gasteiger partial charge in [-0.1, -0.05) is 35.9 Å². The van der Waals surface area contributed by atoms with Crippen LogP contribution in [-0.2, 0) is 0 Å². The number of carbonyl (C=O) groups excluding carboxylic acids is 1. The molecule has 2 aromatic carbocycles. The van der Waals surface area contributed by atoms with Gasteiger partial charge in [0.25, 0.3) is 5.91 Å². The third kappa shape index (κ3) is 2.64. The van der Waals surface area contributed by atoms with Crippen molar-refractivity contribution in [3.8, 4) is 0 Å². The summed E-state index contributed by atoms with van der Waals surface area (Å²) in [5.41, 5.74) is 7.15. The van der Waals surface area contributed by atoms with Crippen LogP contribution in [0.4, 0.5) is 11.4 Å². The first-order chi connectivity index (χ1) is 12.6. The number of hydrogen-bond acceptors (Lipinski definition) is 3. The van der Waals surface area contributed by atoms with Crippen molar-refractivity contribution in [3.05, 3.63) is 88.7 Å². The van der Waals surface area contributed by atoms with Crippen molar-refractivity contribution in [2.45, 2.75) is 26.9 Å². The molecule has 1 aliphatic heterocycles. The van der Waals surface area contributed by atoms with Gasteiger partial charge in [0.15, 0.2) is 0 Å². The van der Waals surface area contributed by atoms with Gasteiger partial charge in [-0.05, 0) is 50.1 Å². The van der Waals surface area contributed by atoms with Gasteiger partial charge in [-0.3, -0.25) is 14.7 Å². The largest absolute Gasteiger partial charge is 0.361 e. The number of pyridine rings is 1. The number of amides is 1. The number of rotatable bonds is 3. The molecular weight excluding hydrogens is 322 g/mol. The fraction of sp³-hybridized carbons (Fsp3) is 0.182. The van der Waals surface area contributed by atoms with Gasteiger partial charge >= 0.3 is 0 Å². The Morgan fingerprint density at radius 1 is 1.00 bits per heavy atom. The van der Waals surface area contributed by atoms with E-state index in [1.54, 1.807) is 17.3 Å². The number of carbonyl (C=O) groups is 1. The van der Waals surface area contributed by atoms with Gasteiger partial charge < -0.3 is 5.32 Å². The van der Waals surface area contributed by atoms with E-state index < -0.39 is 0 Å². The lowest BCUT2D eigenvalue weighted by atomic mass is 10.0. The van der Waals surface area contributed by atoms with Gasteiger partial charge in [-0.25, -0.2) is 0 Å². The summed E-state index contributed by atoms with van der Waals surface area (Å²) >= 11 is 0. The molecule has 0 radical (unpaired) electrons. The molecule has 3 aromatic rings. The molecule has 0 aliphatic carbocycles. The molecular formula is C22H21N3O. The van der Waals surface area contributed by atoms with E-state index in [2.05, 4.69) is 43.2 Å². The minimum Gasteiger partial charge on any atom is -0.361 e. The maximum atomic E-state index is 13.1. The summed E-state index contributed by atoms with van der Waals surface area (Å²) in [6.45, 7) is 6.29. The number of aromatic nitrogens is 1. The van der Waals surface area contributed by atoms with Crippen LogP contribution in [-0.4, -0.2) is 10.9 Å². The van der Waals surface area contributed by atoms with Crippen LogP contribution in [0.15, 0.2) is 60.9 Å². The fourth-order valence-electron chi connectivity index (χ4n) is 3.77. The molecule has 0 saturated heterocycles. The highest BCUT2D eigenvalue weighted by Gasteiger charge is 2.38. The average Bonchev–Trinajstić information content (AvgIpc) is 2.91. The van der Waals surface area contributed by atoms with E-state index in [4.69, 9.17) is 0 Å². The first kappa shape index (κ1) is 16.3. The number of fused-ring (bicyclic) bond motifs is 1. The molecule has 4 nitrogen and oxygen atoms in total. The zero-order valence-electron chi connectivity index (χ0n) is 15.2. The molecule has 1 atom stereocenters. The Morgan fingerprint density at radius 2 is 1.73 bits per heavy atom. The quantitative estimate of drug-likeness (QED) is 0.744. The fourth-order valence-corrected chi connectivity index (χ4v) is 3.77. The zero-order valence-corrected chi connectivity index (χ0v) is 15.2. The van der Waals surface area contributed by atoms with Crippen LogP contribution in [0.2, 0.25) is 0 Å². The van der Waals surface area contributed by atoms with Crippen molar-refractivity contribution >= 4 is 17.3 Å². The van der Waals surface area contributed by atoms with Gasteiger partial charge in [-0.2, -0.15) is 0 Å². The smallest absolute Gasteiger partial charge is 0.260 e. The summed E-state index contributed by atoms with van der Waals surface area (Å²) in [4.78, 5) is 19.1. The maximum Gasteiger partial charge on any atom is 0.260 e. The molecule has 2 heterocycles. The first-order valence-electron chi connectivity index (χ1n) is 8.73. The number of hydrogen-bond donors (Lipinski definition) is 1. The van der Waals surface area contributed by atoms with E-state index in [0.29, 0.717) is 0 Å². The van der Waals surface area contributed by atoms with Crippen LogP contribution in [0, 0.1) is 20.8 Å². The van der Waals surface area contributed by atoms with Crippen molar-refractivity contribution in [1.29, 1.82) is 0 Å². The van der Waals surface area contributed by atoms with Crippen molar-refractivity contribution in [2.24, 2.45) is 0 Å². The Labute approximate surface area is 153 Å². The molecule has 0 bridgehead atoms. The second-order valence-electron chi connectivity index (χ2n) is 6.79. The number of anilines is 2. The van der Waals surface area contributed by atoms with Gasteiger partial charge in [0.2, 0.25) is 0 Å². The van der Waals surface area contributed by atoms with Crippen molar-refractivity contribution in [3.63, 3.8) is 0 Å². The predicted molar refractivity (Wildman–Crippen MR) is 105 cm³/mol. The minimum absolute atomic E-state index is 0.00600. The molecule has 4 rings (SSSR count). The van der Waals surface area contributed by atoms with Gasteiger partial charge in [0, 0.05) is 23.0 Å². The number of nitrogens with one attached hydrogen (secondary N) is 1. The Hall–Kier alpha value is -3.14. The zero-order chi connectivity index (χ0) is 18.3. The van der Waals surface area contributed by atoms with Gasteiger partial charge in [-0.15, -0.1) is 0 Å². The van der Waals surface area contributed by atoms with Crippen LogP contribution < -0.4 is 10.2 Å². The van der Waals surface area contributed by atoms with Crippen LogP contribution in [0.1, 0.15) is 38.8 Å². The third-order valence-electron chi connectivity index (χ3n) is 4.84. The summed E-state index contributed by atoms with van der Waals surface area (Å²) in [5, 5.41) is 3.62. The van der Waals surface area contributed by atoms with Crippen molar-refractivity contribution in [2.75, 3.05) is 10.2 Å². The lowest BCUT2D eigenvalue weighted by molar-refractivity contribution is 0.0993. The highest BCUT2D eigenvalue weighted by Crippen LogP contribution is 2.38. The number of benzene rings is 2. The normalized spacial score (nSPS) is 15.9. The van der Waals surface area contributed by atoms with Crippen LogP contribution in [0.25, 0.3) is 0 Å². The molecule has 1 aliphatic rings. The summed E-state index contributed by atoms with van der Waals surface area (Å²) in [5.74, 6) is -0.00600. The Bertz CT molecular complexity index is 959. The summed E-state index contributed by atoms with van der Waals surface area (Å²) in [6, 6.07) is 15.9. The topological polar surface area (TPSA) is 45.2 Å². The highest BCUT2D eigenvalue weighted by molar-refractivity contribution is 6.11. The van der Waals surface area contributed by atoms with Gasteiger partial charge in [0.05, 0.1) is 11.9 Å². The number of nitrogens with zero attached hydrogens (tertiary/aromatic N) is 2. The maximum absolute atomic E-state index is 13.1. The van der Waals surface area contributed by atoms with Gasteiger partial charge in [0.1, 0.15) is 6.17 Å². The minimum atomic E-state index is -0.261. The average molecular weight is 343 g/mol. The predicted octanol–water partition coefficient (Wildman–Crippen LogP) is 4.78. The summed E-state index contributed by atoms with van der Waals surface area (Å²) in [7, 11) is 0. The second kappa shape index (κ2) is 6.30. The first-order valence-corrected chi connectivity index (χ1v) is 8.73. The van der Waals surface area contributed by atoms with E-state index >= 15 is 0 Å². The molecule has 0 saturated carbocycles. The third-order valence-corrected chi connectivity index (χ3v) is 4.84. The SMILES string of the molecule is Cc1cc(C)c(N[C@@H]2c3ccccc3C(=O)N2c2cccnc2)c(C)c1. The number of aryl methyl sites for hydroxylation is 3. The molecule has 0 spiro atoms. The van der Waals surface area contributed by atoms with Crippen LogP contribution >= 0.6 is 0 Å². The Balaban J connectivity index is 1.82. The molecule has 1 aromatic heterocycles. The molecule has 0 fully saturated rings. The highest BCUT2D eigenvalue weighted by atomic mass is 16.2. The molecule has 0 unspecified atom stereocenters. The molecule has 26 heavy (non-hydrogen) atoms. The van der Waals surface area contributed by atoms with E-state index in [9.17, 15) is 4.79 Å². The molecule has 1 N–H and O–H groups in total. The summed E-state index contributed by atoms with van der Waals surface area (Å²) in [6.07, 6.45) is 3.18. The second-order valence-corrected chi connectivity index (χ2v) is 6.79.